The molecule has 1 saturated carbocycles. The van der Waals surface area contributed by atoms with Crippen LogP contribution in [0.25, 0.3) is 10.9 Å². The third-order valence-corrected chi connectivity index (χ3v) is 6.22. The molecular weight excluding hydrogens is 395 g/mol. The third kappa shape index (κ3) is 3.43. The van der Waals surface area contributed by atoms with Gasteiger partial charge in [0.15, 0.2) is 5.78 Å². The van der Waals surface area contributed by atoms with E-state index in [4.69, 9.17) is 23.2 Å². The van der Waals surface area contributed by atoms with Gasteiger partial charge in [-0.2, -0.15) is 0 Å². The summed E-state index contributed by atoms with van der Waals surface area (Å²) >= 11 is 12.4. The maximum Gasteiger partial charge on any atom is 0.268 e. The SMILES string of the molecule is CC(=O)c1ccc(C(NC(=O)c2cc3c(Cl)c(Cl)ccc3n2C)C2CC2)cc1. The number of nitrogens with one attached hydrogen (secondary N) is 1. The van der Waals surface area contributed by atoms with Crippen molar-refractivity contribution in [3.05, 3.63) is 69.3 Å². The topological polar surface area (TPSA) is 51.1 Å². The average Bonchev–Trinajstić information content (AvgIpc) is 3.46. The maximum atomic E-state index is 13.1. The highest BCUT2D eigenvalue weighted by Crippen LogP contribution is 2.41. The van der Waals surface area contributed by atoms with Crippen LogP contribution in [0.3, 0.4) is 0 Å². The van der Waals surface area contributed by atoms with E-state index in [0.29, 0.717) is 27.2 Å². The van der Waals surface area contributed by atoms with Gasteiger partial charge in [0.05, 0.1) is 16.1 Å². The van der Waals surface area contributed by atoms with Crippen LogP contribution in [0.5, 0.6) is 0 Å². The predicted molar refractivity (Wildman–Crippen MR) is 112 cm³/mol. The Balaban J connectivity index is 1.64. The van der Waals surface area contributed by atoms with Crippen molar-refractivity contribution in [2.24, 2.45) is 13.0 Å². The number of benzene rings is 2. The summed E-state index contributed by atoms with van der Waals surface area (Å²) in [6.07, 6.45) is 2.16. The summed E-state index contributed by atoms with van der Waals surface area (Å²) in [5.41, 5.74) is 3.07. The molecular formula is C22H20Cl2N2O2. The summed E-state index contributed by atoms with van der Waals surface area (Å²) < 4.78 is 1.83. The van der Waals surface area contributed by atoms with Crippen LogP contribution in [0.1, 0.15) is 52.2 Å². The third-order valence-electron chi connectivity index (χ3n) is 5.40. The standard InChI is InChI=1S/C22H20Cl2N2O2/c1-12(27)13-3-5-14(6-4-13)21(15-7-8-15)25-22(28)19-11-16-18(26(19)2)10-9-17(23)20(16)24/h3-6,9-11,15,21H,7-8H2,1-2H3,(H,25,28). The molecule has 1 atom stereocenters. The van der Waals surface area contributed by atoms with Crippen molar-refractivity contribution in [3.63, 3.8) is 0 Å². The summed E-state index contributed by atoms with van der Waals surface area (Å²) in [4.78, 5) is 24.6. The van der Waals surface area contributed by atoms with Gasteiger partial charge in [0.1, 0.15) is 5.69 Å². The summed E-state index contributed by atoms with van der Waals surface area (Å²) in [6, 6.07) is 12.8. The molecule has 1 heterocycles. The van der Waals surface area contributed by atoms with E-state index in [0.717, 1.165) is 29.3 Å². The summed E-state index contributed by atoms with van der Waals surface area (Å²) in [6.45, 7) is 1.55. The van der Waals surface area contributed by atoms with Gasteiger partial charge in [-0.3, -0.25) is 9.59 Å². The average molecular weight is 415 g/mol. The highest BCUT2D eigenvalue weighted by molar-refractivity contribution is 6.45. The van der Waals surface area contributed by atoms with Crippen LogP contribution in [0.2, 0.25) is 10.0 Å². The Morgan fingerprint density at radius 1 is 1.11 bits per heavy atom. The van der Waals surface area contributed by atoms with Gasteiger partial charge in [0, 0.05) is 23.5 Å². The summed E-state index contributed by atoms with van der Waals surface area (Å²) in [7, 11) is 1.84. The van der Waals surface area contributed by atoms with E-state index in [9.17, 15) is 9.59 Å². The second kappa shape index (κ2) is 7.26. The van der Waals surface area contributed by atoms with Crippen LogP contribution in [-0.4, -0.2) is 16.3 Å². The molecule has 0 bridgehead atoms. The number of Topliss-reactive ketones (excluding diaryl/α,β-unsaturated/α-hetero) is 1. The number of hydrogen-bond donors (Lipinski definition) is 1. The van der Waals surface area contributed by atoms with E-state index in [2.05, 4.69) is 5.32 Å². The Kier molecular flexibility index (Phi) is 4.94. The molecule has 1 unspecified atom stereocenters. The first-order valence-electron chi connectivity index (χ1n) is 9.22. The molecule has 1 aromatic heterocycles. The molecule has 4 rings (SSSR count). The van der Waals surface area contributed by atoms with Crippen LogP contribution < -0.4 is 5.32 Å². The van der Waals surface area contributed by atoms with Crippen LogP contribution in [0, 0.1) is 5.92 Å². The Bertz CT molecular complexity index is 1080. The zero-order chi connectivity index (χ0) is 20.0. The number of nitrogens with zero attached hydrogens (tertiary/aromatic N) is 1. The quantitative estimate of drug-likeness (QED) is 0.554. The fraction of sp³-hybridized carbons (Fsp3) is 0.273. The first-order valence-corrected chi connectivity index (χ1v) is 9.97. The Morgan fingerprint density at radius 3 is 2.39 bits per heavy atom. The predicted octanol–water partition coefficient (Wildman–Crippen LogP) is 5.57. The number of rotatable bonds is 5. The first kappa shape index (κ1) is 19.0. The van der Waals surface area contributed by atoms with Crippen molar-refractivity contribution in [3.8, 4) is 0 Å². The molecule has 2 aromatic carbocycles. The minimum atomic E-state index is -0.154. The zero-order valence-electron chi connectivity index (χ0n) is 15.6. The van der Waals surface area contributed by atoms with Gasteiger partial charge < -0.3 is 9.88 Å². The summed E-state index contributed by atoms with van der Waals surface area (Å²) in [5.74, 6) is 0.294. The van der Waals surface area contributed by atoms with Crippen molar-refractivity contribution >= 4 is 45.8 Å². The molecule has 1 fully saturated rings. The number of fused-ring (bicyclic) bond motifs is 1. The lowest BCUT2D eigenvalue weighted by molar-refractivity contribution is 0.0923. The van der Waals surface area contributed by atoms with E-state index in [1.807, 2.05) is 41.9 Å². The zero-order valence-corrected chi connectivity index (χ0v) is 17.1. The minimum absolute atomic E-state index is 0.0320. The smallest absolute Gasteiger partial charge is 0.268 e. The number of hydrogen-bond acceptors (Lipinski definition) is 2. The van der Waals surface area contributed by atoms with Crippen LogP contribution in [-0.2, 0) is 7.05 Å². The molecule has 0 radical (unpaired) electrons. The molecule has 1 N–H and O–H groups in total. The van der Waals surface area contributed by atoms with Gasteiger partial charge in [-0.05, 0) is 49.4 Å². The van der Waals surface area contributed by atoms with E-state index in [-0.39, 0.29) is 17.7 Å². The molecule has 0 saturated heterocycles. The number of aryl methyl sites for hydroxylation is 1. The fourth-order valence-electron chi connectivity index (χ4n) is 3.61. The lowest BCUT2D eigenvalue weighted by atomic mass is 9.99. The summed E-state index contributed by atoms with van der Waals surface area (Å²) in [5, 5.41) is 4.85. The van der Waals surface area contributed by atoms with Crippen molar-refractivity contribution in [2.45, 2.75) is 25.8 Å². The molecule has 28 heavy (non-hydrogen) atoms. The molecule has 1 aliphatic rings. The van der Waals surface area contributed by atoms with E-state index < -0.39 is 0 Å². The van der Waals surface area contributed by atoms with Crippen LogP contribution in [0.15, 0.2) is 42.5 Å². The molecule has 1 aliphatic carbocycles. The molecule has 3 aromatic rings. The Hall–Kier alpha value is -2.30. The minimum Gasteiger partial charge on any atom is -0.344 e. The first-order chi connectivity index (χ1) is 13.4. The number of carbonyl (C=O) groups excluding carboxylic acids is 2. The second-order valence-corrected chi connectivity index (χ2v) is 8.13. The molecule has 1 amide bonds. The van der Waals surface area contributed by atoms with E-state index in [1.54, 1.807) is 19.1 Å². The Morgan fingerprint density at radius 2 is 1.79 bits per heavy atom. The maximum absolute atomic E-state index is 13.1. The lowest BCUT2D eigenvalue weighted by Crippen LogP contribution is -2.31. The monoisotopic (exact) mass is 414 g/mol. The van der Waals surface area contributed by atoms with Gasteiger partial charge in [0.25, 0.3) is 5.91 Å². The van der Waals surface area contributed by atoms with Gasteiger partial charge in [0.2, 0.25) is 0 Å². The van der Waals surface area contributed by atoms with E-state index in [1.165, 1.54) is 0 Å². The van der Waals surface area contributed by atoms with Gasteiger partial charge in [-0.15, -0.1) is 0 Å². The normalized spacial score (nSPS) is 14.9. The van der Waals surface area contributed by atoms with E-state index >= 15 is 0 Å². The molecule has 0 spiro atoms. The highest BCUT2D eigenvalue weighted by atomic mass is 35.5. The van der Waals surface area contributed by atoms with Crippen molar-refractivity contribution in [1.82, 2.24) is 9.88 Å². The van der Waals surface area contributed by atoms with Crippen molar-refractivity contribution in [1.29, 1.82) is 0 Å². The van der Waals surface area contributed by atoms with Crippen molar-refractivity contribution < 1.29 is 9.59 Å². The number of halogens is 2. The fourth-order valence-corrected chi connectivity index (χ4v) is 3.99. The van der Waals surface area contributed by atoms with Crippen LogP contribution >= 0.6 is 23.2 Å². The number of ketones is 1. The highest BCUT2D eigenvalue weighted by Gasteiger charge is 2.34. The number of carbonyl (C=O) groups is 2. The van der Waals surface area contributed by atoms with Crippen molar-refractivity contribution in [2.75, 3.05) is 0 Å². The van der Waals surface area contributed by atoms with Gasteiger partial charge >= 0.3 is 0 Å². The molecule has 4 nitrogen and oxygen atoms in total. The molecule has 0 aliphatic heterocycles. The van der Waals surface area contributed by atoms with Gasteiger partial charge in [-0.1, -0.05) is 47.5 Å². The van der Waals surface area contributed by atoms with Crippen LogP contribution in [0.4, 0.5) is 0 Å². The van der Waals surface area contributed by atoms with Gasteiger partial charge in [-0.25, -0.2) is 0 Å². The second-order valence-electron chi connectivity index (χ2n) is 7.35. The largest absolute Gasteiger partial charge is 0.344 e. The molecule has 6 heteroatoms. The lowest BCUT2D eigenvalue weighted by Gasteiger charge is -2.19. The number of amides is 1. The number of aromatic nitrogens is 1. The Labute approximate surface area is 173 Å². The molecule has 144 valence electrons.